The molecule has 0 unspecified atom stereocenters. The van der Waals surface area contributed by atoms with E-state index in [1.54, 1.807) is 0 Å². The van der Waals surface area contributed by atoms with Crippen molar-refractivity contribution in [1.29, 1.82) is 0 Å². The Bertz CT molecular complexity index is 333. The lowest BCUT2D eigenvalue weighted by atomic mass is 10.2. The number of carboxylic acids is 1. The second-order valence-corrected chi connectivity index (χ2v) is 2.11. The van der Waals surface area contributed by atoms with Crippen LogP contribution in [-0.4, -0.2) is 21.2 Å². The number of carbonyl (C=O) groups is 1. The van der Waals surface area contributed by atoms with E-state index in [2.05, 4.69) is 11.6 Å². The predicted octanol–water partition coefficient (Wildman–Crippen LogP) is 1.13. The normalized spacial score (nSPS) is 9.33. The van der Waals surface area contributed by atoms with Crippen LogP contribution in [0.3, 0.4) is 0 Å². The van der Waals surface area contributed by atoms with Gasteiger partial charge in [0, 0.05) is 11.8 Å². The van der Waals surface area contributed by atoms with Crippen molar-refractivity contribution in [1.82, 2.24) is 4.98 Å². The number of carboxylic acid groups (broad SMARTS) is 1. The van der Waals surface area contributed by atoms with Gasteiger partial charge in [-0.1, -0.05) is 12.7 Å². The molecule has 1 heterocycles. The zero-order valence-electron chi connectivity index (χ0n) is 6.19. The van der Waals surface area contributed by atoms with Crippen molar-refractivity contribution in [3.8, 4) is 5.75 Å². The summed E-state index contributed by atoms with van der Waals surface area (Å²) in [5, 5.41) is 17.8. The highest BCUT2D eigenvalue weighted by molar-refractivity contribution is 5.89. The maximum Gasteiger partial charge on any atom is 0.358 e. The molecule has 0 aromatic carbocycles. The predicted molar refractivity (Wildman–Crippen MR) is 43.0 cm³/mol. The number of pyridine rings is 1. The minimum absolute atomic E-state index is 0.347. The van der Waals surface area contributed by atoms with Gasteiger partial charge in [0.2, 0.25) is 0 Å². The van der Waals surface area contributed by atoms with Gasteiger partial charge in [0.05, 0.1) is 0 Å². The van der Waals surface area contributed by atoms with Gasteiger partial charge in [0.15, 0.2) is 11.4 Å². The standard InChI is InChI=1S/C8H7NO3/c1-2-5-3-4-9-6(7(5)10)8(11)12/h2-4,10H,1H2,(H,11,12). The molecule has 0 atom stereocenters. The molecule has 1 rings (SSSR count). The third-order valence-electron chi connectivity index (χ3n) is 1.38. The summed E-state index contributed by atoms with van der Waals surface area (Å²) < 4.78 is 0. The summed E-state index contributed by atoms with van der Waals surface area (Å²) in [6.45, 7) is 3.41. The fraction of sp³-hybridized carbons (Fsp3) is 0. The monoisotopic (exact) mass is 165 g/mol. The zero-order chi connectivity index (χ0) is 9.14. The Morgan fingerprint density at radius 3 is 2.83 bits per heavy atom. The number of aromatic carboxylic acids is 1. The first-order chi connectivity index (χ1) is 5.66. The summed E-state index contributed by atoms with van der Waals surface area (Å²) in [6.07, 6.45) is 2.67. The number of hydrogen-bond donors (Lipinski definition) is 2. The van der Waals surface area contributed by atoms with Gasteiger partial charge in [-0.3, -0.25) is 0 Å². The molecule has 0 fully saturated rings. The van der Waals surface area contributed by atoms with E-state index in [9.17, 15) is 9.90 Å². The van der Waals surface area contributed by atoms with Crippen molar-refractivity contribution < 1.29 is 15.0 Å². The van der Waals surface area contributed by atoms with E-state index < -0.39 is 5.97 Å². The molecule has 0 radical (unpaired) electrons. The van der Waals surface area contributed by atoms with E-state index in [1.165, 1.54) is 18.3 Å². The molecule has 2 N–H and O–H groups in total. The Hall–Kier alpha value is -1.84. The summed E-state index contributed by atoms with van der Waals surface area (Å²) >= 11 is 0. The lowest BCUT2D eigenvalue weighted by molar-refractivity contribution is 0.0687. The molecule has 12 heavy (non-hydrogen) atoms. The van der Waals surface area contributed by atoms with Crippen molar-refractivity contribution in [3.05, 3.63) is 30.1 Å². The van der Waals surface area contributed by atoms with Gasteiger partial charge in [-0.2, -0.15) is 0 Å². The molecule has 4 nitrogen and oxygen atoms in total. The summed E-state index contributed by atoms with van der Waals surface area (Å²) in [4.78, 5) is 13.9. The van der Waals surface area contributed by atoms with Crippen molar-refractivity contribution in [2.24, 2.45) is 0 Å². The third kappa shape index (κ3) is 1.27. The van der Waals surface area contributed by atoms with E-state index in [0.29, 0.717) is 5.56 Å². The largest absolute Gasteiger partial charge is 0.505 e. The molecule has 0 saturated heterocycles. The SMILES string of the molecule is C=Cc1ccnc(C(=O)O)c1O. The number of rotatable bonds is 2. The second kappa shape index (κ2) is 3.04. The molecule has 0 bridgehead atoms. The molecule has 0 spiro atoms. The van der Waals surface area contributed by atoms with Gasteiger partial charge >= 0.3 is 5.97 Å². The summed E-state index contributed by atoms with van der Waals surface area (Å²) in [5.41, 5.74) is 0.00907. The van der Waals surface area contributed by atoms with Crippen molar-refractivity contribution in [2.75, 3.05) is 0 Å². The number of nitrogens with zero attached hydrogens (tertiary/aromatic N) is 1. The van der Waals surface area contributed by atoms with Crippen LogP contribution in [0.2, 0.25) is 0 Å². The molecular formula is C8H7NO3. The highest BCUT2D eigenvalue weighted by atomic mass is 16.4. The van der Waals surface area contributed by atoms with Gasteiger partial charge in [-0.05, 0) is 6.07 Å². The van der Waals surface area contributed by atoms with Crippen LogP contribution in [0.25, 0.3) is 6.08 Å². The Labute approximate surface area is 68.8 Å². The van der Waals surface area contributed by atoms with Crippen LogP contribution in [0.4, 0.5) is 0 Å². The van der Waals surface area contributed by atoms with Crippen LogP contribution in [-0.2, 0) is 0 Å². The first kappa shape index (κ1) is 8.26. The van der Waals surface area contributed by atoms with Crippen LogP contribution in [0.15, 0.2) is 18.8 Å². The average Bonchev–Trinajstić information content (AvgIpc) is 2.04. The highest BCUT2D eigenvalue weighted by Gasteiger charge is 2.12. The van der Waals surface area contributed by atoms with Crippen LogP contribution < -0.4 is 0 Å². The molecular weight excluding hydrogens is 158 g/mol. The molecule has 0 aliphatic carbocycles. The minimum Gasteiger partial charge on any atom is -0.505 e. The molecule has 1 aromatic heterocycles. The summed E-state index contributed by atoms with van der Waals surface area (Å²) in [7, 11) is 0. The molecule has 0 aliphatic rings. The van der Waals surface area contributed by atoms with Gasteiger partial charge in [0.1, 0.15) is 0 Å². The number of aromatic hydroxyl groups is 1. The van der Waals surface area contributed by atoms with Crippen molar-refractivity contribution in [2.45, 2.75) is 0 Å². The number of hydrogen-bond acceptors (Lipinski definition) is 3. The molecule has 0 saturated carbocycles. The van der Waals surface area contributed by atoms with Crippen LogP contribution in [0.1, 0.15) is 16.1 Å². The Balaban J connectivity index is 3.32. The third-order valence-corrected chi connectivity index (χ3v) is 1.38. The Morgan fingerprint density at radius 1 is 1.67 bits per heavy atom. The van der Waals surface area contributed by atoms with Crippen molar-refractivity contribution in [3.63, 3.8) is 0 Å². The van der Waals surface area contributed by atoms with Gasteiger partial charge in [-0.25, -0.2) is 9.78 Å². The second-order valence-electron chi connectivity index (χ2n) is 2.11. The Kier molecular flexibility index (Phi) is 2.09. The summed E-state index contributed by atoms with van der Waals surface area (Å²) in [5.74, 6) is -1.60. The smallest absolute Gasteiger partial charge is 0.358 e. The van der Waals surface area contributed by atoms with Crippen molar-refractivity contribution >= 4 is 12.0 Å². The quantitative estimate of drug-likeness (QED) is 0.689. The molecule has 1 aromatic rings. The Morgan fingerprint density at radius 2 is 2.33 bits per heavy atom. The van der Waals surface area contributed by atoms with E-state index in [0.717, 1.165) is 0 Å². The van der Waals surface area contributed by atoms with E-state index >= 15 is 0 Å². The first-order valence-corrected chi connectivity index (χ1v) is 3.20. The maximum absolute atomic E-state index is 10.4. The van der Waals surface area contributed by atoms with Crippen LogP contribution >= 0.6 is 0 Å². The molecule has 4 heteroatoms. The molecule has 0 aliphatic heterocycles. The zero-order valence-corrected chi connectivity index (χ0v) is 6.19. The first-order valence-electron chi connectivity index (χ1n) is 3.20. The summed E-state index contributed by atoms with van der Waals surface area (Å²) in [6, 6.07) is 1.48. The van der Waals surface area contributed by atoms with E-state index in [1.807, 2.05) is 0 Å². The fourth-order valence-electron chi connectivity index (χ4n) is 0.790. The highest BCUT2D eigenvalue weighted by Crippen LogP contribution is 2.20. The van der Waals surface area contributed by atoms with E-state index in [-0.39, 0.29) is 11.4 Å². The van der Waals surface area contributed by atoms with E-state index in [4.69, 9.17) is 5.11 Å². The molecule has 62 valence electrons. The van der Waals surface area contributed by atoms with Gasteiger partial charge < -0.3 is 10.2 Å². The lowest BCUT2D eigenvalue weighted by Crippen LogP contribution is -2.00. The number of aromatic nitrogens is 1. The van der Waals surface area contributed by atoms with Crippen LogP contribution in [0, 0.1) is 0 Å². The topological polar surface area (TPSA) is 70.4 Å². The molecule has 0 amide bonds. The maximum atomic E-state index is 10.4. The average molecular weight is 165 g/mol. The van der Waals surface area contributed by atoms with Gasteiger partial charge in [-0.15, -0.1) is 0 Å². The fourth-order valence-corrected chi connectivity index (χ4v) is 0.790. The van der Waals surface area contributed by atoms with Crippen LogP contribution in [0.5, 0.6) is 5.75 Å². The minimum atomic E-state index is -1.25. The van der Waals surface area contributed by atoms with Gasteiger partial charge in [0.25, 0.3) is 0 Å². The lowest BCUT2D eigenvalue weighted by Gasteiger charge is -2.00.